The first kappa shape index (κ1) is 16.3. The Bertz CT molecular complexity index is 966. The lowest BCUT2D eigenvalue weighted by atomic mass is 10.1. The standard InChI is InChI=1S/C17H13Cl2NO2S/c18-14-8-9-17(16(19)10-14)23(21,22)20-11-13-6-3-5-12-4-1-2-7-15(12)13/h1-10,20H,11H2. The third-order valence-electron chi connectivity index (χ3n) is 3.52. The molecule has 0 amide bonds. The van der Waals surface area contributed by atoms with E-state index in [0.29, 0.717) is 5.02 Å². The maximum Gasteiger partial charge on any atom is 0.242 e. The van der Waals surface area contributed by atoms with Gasteiger partial charge in [0.15, 0.2) is 0 Å². The fraction of sp³-hybridized carbons (Fsp3) is 0.0588. The molecule has 0 saturated carbocycles. The van der Waals surface area contributed by atoms with Crippen molar-refractivity contribution in [1.82, 2.24) is 4.72 Å². The lowest BCUT2D eigenvalue weighted by Gasteiger charge is -2.10. The topological polar surface area (TPSA) is 46.2 Å². The minimum Gasteiger partial charge on any atom is -0.207 e. The van der Waals surface area contributed by atoms with Crippen LogP contribution in [-0.4, -0.2) is 8.42 Å². The Balaban J connectivity index is 1.89. The predicted molar refractivity (Wildman–Crippen MR) is 94.4 cm³/mol. The van der Waals surface area contributed by atoms with E-state index in [1.807, 2.05) is 42.5 Å². The summed E-state index contributed by atoms with van der Waals surface area (Å²) in [4.78, 5) is 0.0174. The lowest BCUT2D eigenvalue weighted by Crippen LogP contribution is -2.23. The second-order valence-electron chi connectivity index (χ2n) is 5.04. The minimum absolute atomic E-state index is 0.0174. The van der Waals surface area contributed by atoms with E-state index in [1.165, 1.54) is 18.2 Å². The van der Waals surface area contributed by atoms with Gasteiger partial charge in [-0.15, -0.1) is 0 Å². The molecule has 118 valence electrons. The first-order valence-corrected chi connectivity index (χ1v) is 9.13. The van der Waals surface area contributed by atoms with E-state index in [2.05, 4.69) is 4.72 Å². The van der Waals surface area contributed by atoms with Gasteiger partial charge in [-0.3, -0.25) is 0 Å². The van der Waals surface area contributed by atoms with Crippen molar-refractivity contribution in [3.05, 3.63) is 76.3 Å². The average Bonchev–Trinajstić information content (AvgIpc) is 2.52. The van der Waals surface area contributed by atoms with E-state index >= 15 is 0 Å². The smallest absolute Gasteiger partial charge is 0.207 e. The summed E-state index contributed by atoms with van der Waals surface area (Å²) in [6, 6.07) is 17.9. The van der Waals surface area contributed by atoms with Crippen molar-refractivity contribution < 1.29 is 8.42 Å². The zero-order chi connectivity index (χ0) is 16.4. The van der Waals surface area contributed by atoms with Gasteiger partial charge in [0.1, 0.15) is 4.90 Å². The summed E-state index contributed by atoms with van der Waals surface area (Å²) in [6.45, 7) is 0.183. The predicted octanol–water partition coefficient (Wildman–Crippen LogP) is 4.63. The van der Waals surface area contributed by atoms with Crippen molar-refractivity contribution in [1.29, 1.82) is 0 Å². The number of fused-ring (bicyclic) bond motifs is 1. The molecule has 6 heteroatoms. The van der Waals surface area contributed by atoms with E-state index in [-0.39, 0.29) is 16.5 Å². The molecule has 1 N–H and O–H groups in total. The Morgan fingerprint density at radius 2 is 1.65 bits per heavy atom. The highest BCUT2D eigenvalue weighted by molar-refractivity contribution is 7.89. The van der Waals surface area contributed by atoms with Crippen LogP contribution in [0.1, 0.15) is 5.56 Å². The summed E-state index contributed by atoms with van der Waals surface area (Å²) >= 11 is 11.8. The van der Waals surface area contributed by atoms with Gasteiger partial charge in [0.2, 0.25) is 10.0 Å². The van der Waals surface area contributed by atoms with Crippen LogP contribution >= 0.6 is 23.2 Å². The van der Waals surface area contributed by atoms with Gasteiger partial charge in [-0.25, -0.2) is 13.1 Å². The zero-order valence-electron chi connectivity index (χ0n) is 12.0. The van der Waals surface area contributed by atoms with Gasteiger partial charge in [0.25, 0.3) is 0 Å². The van der Waals surface area contributed by atoms with E-state index in [0.717, 1.165) is 16.3 Å². The Morgan fingerprint density at radius 1 is 0.913 bits per heavy atom. The van der Waals surface area contributed by atoms with Crippen LogP contribution in [0.25, 0.3) is 10.8 Å². The summed E-state index contributed by atoms with van der Waals surface area (Å²) in [5.41, 5.74) is 0.900. The second kappa shape index (κ2) is 6.49. The molecule has 0 spiro atoms. The van der Waals surface area contributed by atoms with Crippen LogP contribution < -0.4 is 4.72 Å². The summed E-state index contributed by atoms with van der Waals surface area (Å²) in [5.74, 6) is 0. The fourth-order valence-electron chi connectivity index (χ4n) is 2.39. The highest BCUT2D eigenvalue weighted by atomic mass is 35.5. The first-order valence-electron chi connectivity index (χ1n) is 6.89. The maximum absolute atomic E-state index is 12.4. The molecule has 0 aliphatic rings. The minimum atomic E-state index is -3.72. The number of nitrogens with one attached hydrogen (secondary N) is 1. The quantitative estimate of drug-likeness (QED) is 0.732. The van der Waals surface area contributed by atoms with Crippen molar-refractivity contribution in [3.8, 4) is 0 Å². The fourth-order valence-corrected chi connectivity index (χ4v) is 4.17. The number of benzene rings is 3. The van der Waals surface area contributed by atoms with Gasteiger partial charge < -0.3 is 0 Å². The highest BCUT2D eigenvalue weighted by Crippen LogP contribution is 2.25. The van der Waals surface area contributed by atoms with Crippen molar-refractivity contribution in [2.75, 3.05) is 0 Å². The van der Waals surface area contributed by atoms with Crippen LogP contribution in [0.4, 0.5) is 0 Å². The Labute approximate surface area is 144 Å². The number of hydrogen-bond donors (Lipinski definition) is 1. The molecule has 0 aromatic heterocycles. The van der Waals surface area contributed by atoms with Crippen LogP contribution in [-0.2, 0) is 16.6 Å². The Morgan fingerprint density at radius 3 is 2.43 bits per heavy atom. The van der Waals surface area contributed by atoms with Crippen LogP contribution in [0.2, 0.25) is 10.0 Å². The van der Waals surface area contributed by atoms with Crippen molar-refractivity contribution in [3.63, 3.8) is 0 Å². The van der Waals surface area contributed by atoms with Gasteiger partial charge >= 0.3 is 0 Å². The molecule has 3 aromatic carbocycles. The summed E-state index contributed by atoms with van der Waals surface area (Å²) in [5, 5.41) is 2.57. The molecule has 0 fully saturated rings. The second-order valence-corrected chi connectivity index (χ2v) is 7.62. The van der Waals surface area contributed by atoms with E-state index in [9.17, 15) is 8.42 Å². The molecule has 23 heavy (non-hydrogen) atoms. The Kier molecular flexibility index (Phi) is 4.60. The average molecular weight is 366 g/mol. The zero-order valence-corrected chi connectivity index (χ0v) is 14.3. The van der Waals surface area contributed by atoms with E-state index in [4.69, 9.17) is 23.2 Å². The molecule has 0 bridgehead atoms. The molecular weight excluding hydrogens is 353 g/mol. The van der Waals surface area contributed by atoms with Gasteiger partial charge in [0, 0.05) is 11.6 Å². The first-order chi connectivity index (χ1) is 11.0. The molecule has 0 saturated heterocycles. The molecule has 0 aliphatic heterocycles. The largest absolute Gasteiger partial charge is 0.242 e. The maximum atomic E-state index is 12.4. The van der Waals surface area contributed by atoms with Gasteiger partial charge in [-0.05, 0) is 34.5 Å². The van der Waals surface area contributed by atoms with Gasteiger partial charge in [-0.1, -0.05) is 65.7 Å². The highest BCUT2D eigenvalue weighted by Gasteiger charge is 2.18. The third-order valence-corrected chi connectivity index (χ3v) is 5.64. The van der Waals surface area contributed by atoms with Gasteiger partial charge in [0.05, 0.1) is 5.02 Å². The summed E-state index contributed by atoms with van der Waals surface area (Å²) in [6.07, 6.45) is 0. The van der Waals surface area contributed by atoms with Crippen molar-refractivity contribution in [2.45, 2.75) is 11.4 Å². The van der Waals surface area contributed by atoms with Crippen molar-refractivity contribution in [2.24, 2.45) is 0 Å². The molecule has 3 rings (SSSR count). The lowest BCUT2D eigenvalue weighted by molar-refractivity contribution is 0.581. The molecule has 3 aromatic rings. The molecular formula is C17H13Cl2NO2S. The van der Waals surface area contributed by atoms with E-state index < -0.39 is 10.0 Å². The van der Waals surface area contributed by atoms with Crippen molar-refractivity contribution >= 4 is 44.0 Å². The summed E-state index contributed by atoms with van der Waals surface area (Å²) < 4.78 is 27.5. The Hall–Kier alpha value is -1.59. The number of hydrogen-bond acceptors (Lipinski definition) is 2. The molecule has 0 unspecified atom stereocenters. The SMILES string of the molecule is O=S(=O)(NCc1cccc2ccccc12)c1ccc(Cl)cc1Cl. The third kappa shape index (κ3) is 3.51. The molecule has 0 aliphatic carbocycles. The molecule has 3 nitrogen and oxygen atoms in total. The number of halogens is 2. The van der Waals surface area contributed by atoms with Crippen LogP contribution in [0.5, 0.6) is 0 Å². The molecule has 0 heterocycles. The van der Waals surface area contributed by atoms with Gasteiger partial charge in [-0.2, -0.15) is 0 Å². The van der Waals surface area contributed by atoms with Crippen LogP contribution in [0.15, 0.2) is 65.6 Å². The summed E-state index contributed by atoms with van der Waals surface area (Å²) in [7, 11) is -3.72. The number of sulfonamides is 1. The number of rotatable bonds is 4. The monoisotopic (exact) mass is 365 g/mol. The van der Waals surface area contributed by atoms with Crippen LogP contribution in [0, 0.1) is 0 Å². The normalized spacial score (nSPS) is 11.7. The molecule has 0 radical (unpaired) electrons. The molecule has 0 atom stereocenters. The van der Waals surface area contributed by atoms with E-state index in [1.54, 1.807) is 0 Å². The van der Waals surface area contributed by atoms with Crippen LogP contribution in [0.3, 0.4) is 0 Å².